The molecule has 6 heteroatoms. The number of ether oxygens (including phenoxy) is 1. The summed E-state index contributed by atoms with van der Waals surface area (Å²) < 4.78 is 4.92. The monoisotopic (exact) mass is 293 g/mol. The second-order valence-electron chi connectivity index (χ2n) is 3.97. The Morgan fingerprint density at radius 1 is 1.25 bits per heavy atom. The van der Waals surface area contributed by atoms with Crippen LogP contribution in [0.4, 0.5) is 11.5 Å². The zero-order valence-electron chi connectivity index (χ0n) is 11.3. The number of hydrogen-bond acceptors (Lipinski definition) is 5. The molecular weight excluding hydrogens is 278 g/mol. The van der Waals surface area contributed by atoms with Crippen molar-refractivity contribution in [2.24, 2.45) is 0 Å². The van der Waals surface area contributed by atoms with E-state index in [1.165, 1.54) is 6.33 Å². The van der Waals surface area contributed by atoms with Gasteiger partial charge in [0, 0.05) is 17.4 Å². The maximum absolute atomic E-state index is 11.5. The molecule has 20 heavy (non-hydrogen) atoms. The van der Waals surface area contributed by atoms with Crippen molar-refractivity contribution >= 4 is 29.9 Å². The van der Waals surface area contributed by atoms with Gasteiger partial charge in [-0.15, -0.1) is 12.4 Å². The predicted octanol–water partition coefficient (Wildman–Crippen LogP) is 3.13. The number of benzene rings is 1. The Morgan fingerprint density at radius 2 is 1.95 bits per heavy atom. The molecule has 1 N–H and O–H groups in total. The molecule has 106 valence electrons. The lowest BCUT2D eigenvalue weighted by molar-refractivity contribution is 0.0526. The van der Waals surface area contributed by atoms with Crippen LogP contribution in [0.5, 0.6) is 0 Å². The largest absolute Gasteiger partial charge is 0.462 e. The summed E-state index contributed by atoms with van der Waals surface area (Å²) in [4.78, 5) is 19.6. The van der Waals surface area contributed by atoms with Crippen LogP contribution in [0.2, 0.25) is 0 Å². The van der Waals surface area contributed by atoms with E-state index in [-0.39, 0.29) is 18.4 Å². The van der Waals surface area contributed by atoms with Crippen molar-refractivity contribution in [1.82, 2.24) is 9.97 Å². The molecule has 1 heterocycles. The summed E-state index contributed by atoms with van der Waals surface area (Å²) in [7, 11) is 0. The standard InChI is InChI=1S/C14H15N3O2.ClH/c1-3-19-14(18)11-4-6-12(7-5-11)17-13-8-10(2)15-9-16-13;/h4-9H,3H2,1-2H3,(H,15,16,17);1H. The van der Waals surface area contributed by atoms with E-state index in [0.717, 1.165) is 17.2 Å². The Balaban J connectivity index is 0.00000200. The molecule has 5 nitrogen and oxygen atoms in total. The molecule has 0 bridgehead atoms. The first-order chi connectivity index (χ1) is 9.19. The number of hydrogen-bond donors (Lipinski definition) is 1. The molecule has 0 atom stereocenters. The summed E-state index contributed by atoms with van der Waals surface area (Å²) in [6.45, 7) is 4.06. The minimum Gasteiger partial charge on any atom is -0.462 e. The summed E-state index contributed by atoms with van der Waals surface area (Å²) in [6.07, 6.45) is 1.50. The first-order valence-corrected chi connectivity index (χ1v) is 6.02. The molecule has 0 spiro atoms. The number of aromatic nitrogens is 2. The lowest BCUT2D eigenvalue weighted by Gasteiger charge is -2.06. The fourth-order valence-corrected chi connectivity index (χ4v) is 1.57. The lowest BCUT2D eigenvalue weighted by Crippen LogP contribution is -2.04. The van der Waals surface area contributed by atoms with E-state index >= 15 is 0 Å². The molecule has 1 aromatic heterocycles. The van der Waals surface area contributed by atoms with Crippen molar-refractivity contribution in [3.05, 3.63) is 47.9 Å². The fourth-order valence-electron chi connectivity index (χ4n) is 1.57. The van der Waals surface area contributed by atoms with Crippen molar-refractivity contribution in [2.45, 2.75) is 13.8 Å². The Labute approximate surface area is 123 Å². The average Bonchev–Trinajstić information content (AvgIpc) is 2.40. The van der Waals surface area contributed by atoms with Gasteiger partial charge in [0.15, 0.2) is 0 Å². The van der Waals surface area contributed by atoms with Gasteiger partial charge in [-0.05, 0) is 38.1 Å². The van der Waals surface area contributed by atoms with Gasteiger partial charge in [0.05, 0.1) is 12.2 Å². The third-order valence-corrected chi connectivity index (χ3v) is 2.47. The molecule has 0 amide bonds. The highest BCUT2D eigenvalue weighted by atomic mass is 35.5. The minimum absolute atomic E-state index is 0. The van der Waals surface area contributed by atoms with Gasteiger partial charge in [-0.25, -0.2) is 14.8 Å². The van der Waals surface area contributed by atoms with Gasteiger partial charge in [-0.1, -0.05) is 0 Å². The number of carbonyl (C=O) groups is 1. The smallest absolute Gasteiger partial charge is 0.338 e. The maximum atomic E-state index is 11.5. The van der Waals surface area contributed by atoms with Gasteiger partial charge >= 0.3 is 5.97 Å². The molecule has 0 saturated heterocycles. The first kappa shape index (κ1) is 15.9. The highest BCUT2D eigenvalue weighted by molar-refractivity contribution is 5.89. The van der Waals surface area contributed by atoms with Gasteiger partial charge < -0.3 is 10.1 Å². The molecule has 0 unspecified atom stereocenters. The Kier molecular flexibility index (Phi) is 5.93. The van der Waals surface area contributed by atoms with E-state index in [1.54, 1.807) is 19.1 Å². The van der Waals surface area contributed by atoms with Crippen LogP contribution in [0, 0.1) is 6.92 Å². The van der Waals surface area contributed by atoms with E-state index in [2.05, 4.69) is 15.3 Å². The van der Waals surface area contributed by atoms with Crippen LogP contribution in [0.1, 0.15) is 23.0 Å². The number of carbonyl (C=O) groups excluding carboxylic acids is 1. The molecule has 2 aromatic rings. The quantitative estimate of drug-likeness (QED) is 0.878. The van der Waals surface area contributed by atoms with Crippen molar-refractivity contribution in [3.63, 3.8) is 0 Å². The average molecular weight is 294 g/mol. The Hall–Kier alpha value is -2.14. The SMILES string of the molecule is CCOC(=O)c1ccc(Nc2cc(C)ncn2)cc1.Cl. The van der Waals surface area contributed by atoms with Crippen LogP contribution in [0.15, 0.2) is 36.7 Å². The van der Waals surface area contributed by atoms with Crippen LogP contribution < -0.4 is 5.32 Å². The summed E-state index contributed by atoms with van der Waals surface area (Å²) in [5.74, 6) is 0.406. The Bertz CT molecular complexity index is 573. The number of anilines is 2. The number of halogens is 1. The number of esters is 1. The van der Waals surface area contributed by atoms with Gasteiger partial charge in [0.1, 0.15) is 12.1 Å². The van der Waals surface area contributed by atoms with Crippen molar-refractivity contribution in [3.8, 4) is 0 Å². The zero-order valence-corrected chi connectivity index (χ0v) is 12.1. The summed E-state index contributed by atoms with van der Waals surface area (Å²) >= 11 is 0. The highest BCUT2D eigenvalue weighted by Crippen LogP contribution is 2.15. The van der Waals surface area contributed by atoms with Crippen molar-refractivity contribution in [1.29, 1.82) is 0 Å². The van der Waals surface area contributed by atoms with Gasteiger partial charge in [-0.3, -0.25) is 0 Å². The molecule has 0 radical (unpaired) electrons. The van der Waals surface area contributed by atoms with E-state index < -0.39 is 0 Å². The second-order valence-corrected chi connectivity index (χ2v) is 3.97. The summed E-state index contributed by atoms with van der Waals surface area (Å²) in [6, 6.07) is 8.90. The van der Waals surface area contributed by atoms with Crippen LogP contribution in [0.3, 0.4) is 0 Å². The minimum atomic E-state index is -0.313. The van der Waals surface area contributed by atoms with E-state index in [1.807, 2.05) is 25.1 Å². The molecule has 0 aliphatic rings. The van der Waals surface area contributed by atoms with Crippen LogP contribution in [-0.2, 0) is 4.74 Å². The van der Waals surface area contributed by atoms with Gasteiger partial charge in [-0.2, -0.15) is 0 Å². The molecule has 0 fully saturated rings. The molecule has 2 rings (SSSR count). The second kappa shape index (κ2) is 7.45. The predicted molar refractivity (Wildman–Crippen MR) is 79.7 cm³/mol. The normalized spacial score (nSPS) is 9.50. The Morgan fingerprint density at radius 3 is 2.55 bits per heavy atom. The molecule has 1 aromatic carbocycles. The number of nitrogens with zero attached hydrogens (tertiary/aromatic N) is 2. The van der Waals surface area contributed by atoms with E-state index in [9.17, 15) is 4.79 Å². The number of rotatable bonds is 4. The zero-order chi connectivity index (χ0) is 13.7. The molecule has 0 saturated carbocycles. The van der Waals surface area contributed by atoms with Crippen LogP contribution in [-0.4, -0.2) is 22.5 Å². The summed E-state index contributed by atoms with van der Waals surface area (Å²) in [5.41, 5.74) is 2.28. The van der Waals surface area contributed by atoms with Gasteiger partial charge in [0.2, 0.25) is 0 Å². The van der Waals surface area contributed by atoms with Crippen LogP contribution in [0.25, 0.3) is 0 Å². The topological polar surface area (TPSA) is 64.1 Å². The van der Waals surface area contributed by atoms with Crippen molar-refractivity contribution < 1.29 is 9.53 Å². The third-order valence-electron chi connectivity index (χ3n) is 2.47. The van der Waals surface area contributed by atoms with E-state index in [4.69, 9.17) is 4.74 Å². The number of aryl methyl sites for hydroxylation is 1. The summed E-state index contributed by atoms with van der Waals surface area (Å²) in [5, 5.41) is 3.14. The fraction of sp³-hybridized carbons (Fsp3) is 0.214. The molecular formula is C14H16ClN3O2. The first-order valence-electron chi connectivity index (χ1n) is 6.02. The maximum Gasteiger partial charge on any atom is 0.338 e. The van der Waals surface area contributed by atoms with E-state index in [0.29, 0.717) is 12.2 Å². The highest BCUT2D eigenvalue weighted by Gasteiger charge is 2.05. The van der Waals surface area contributed by atoms with Crippen LogP contribution >= 0.6 is 12.4 Å². The van der Waals surface area contributed by atoms with Crippen molar-refractivity contribution in [2.75, 3.05) is 11.9 Å². The molecule has 0 aliphatic carbocycles. The van der Waals surface area contributed by atoms with Gasteiger partial charge in [0.25, 0.3) is 0 Å². The number of nitrogens with one attached hydrogen (secondary N) is 1. The lowest BCUT2D eigenvalue weighted by atomic mass is 10.2. The third kappa shape index (κ3) is 4.20. The molecule has 0 aliphatic heterocycles.